The van der Waals surface area contributed by atoms with Gasteiger partial charge >= 0.3 is 0 Å². The number of amides is 2. The van der Waals surface area contributed by atoms with Crippen LogP contribution >= 0.6 is 0 Å². The molecule has 34 heavy (non-hydrogen) atoms. The van der Waals surface area contributed by atoms with Crippen LogP contribution in [0.1, 0.15) is 33.3 Å². The van der Waals surface area contributed by atoms with Crippen LogP contribution in [0, 0.1) is 0 Å². The van der Waals surface area contributed by atoms with Crippen LogP contribution in [0.25, 0.3) is 11.1 Å². The number of rotatable bonds is 5. The van der Waals surface area contributed by atoms with Crippen LogP contribution in [0.15, 0.2) is 77.4 Å². The average molecular weight is 458 g/mol. The van der Waals surface area contributed by atoms with Gasteiger partial charge in [0.1, 0.15) is 11.4 Å². The molecule has 2 aromatic carbocycles. The molecular weight excluding hydrogens is 430 g/mol. The Kier molecular flexibility index (Phi) is 5.84. The van der Waals surface area contributed by atoms with Gasteiger partial charge < -0.3 is 23.5 Å². The zero-order chi connectivity index (χ0) is 23.7. The Morgan fingerprint density at radius 2 is 1.82 bits per heavy atom. The van der Waals surface area contributed by atoms with Crippen molar-refractivity contribution in [1.29, 1.82) is 0 Å². The number of hydrogen-bond acceptors (Lipinski definition) is 4. The van der Waals surface area contributed by atoms with Gasteiger partial charge in [0, 0.05) is 36.6 Å². The lowest BCUT2D eigenvalue weighted by Crippen LogP contribution is -2.55. The van der Waals surface area contributed by atoms with E-state index in [1.54, 1.807) is 13.4 Å². The molecule has 5 rings (SSSR count). The summed E-state index contributed by atoms with van der Waals surface area (Å²) in [5.74, 6) is 0.702. The molecule has 0 radical (unpaired) electrons. The fourth-order valence-electron chi connectivity index (χ4n) is 4.61. The standard InChI is InChI=1S/C27H27N3O4/c1-19-17-28(12-13-29(19)25(31)21-8-4-3-5-9-21)26(32)24-16-22-11-14-34-27(22)30(24)18-20-7-6-10-23(15-20)33-2/h3-11,14-16,19H,12-13,17-18H2,1-2H3. The molecule has 1 saturated heterocycles. The van der Waals surface area contributed by atoms with E-state index in [1.165, 1.54) is 0 Å². The summed E-state index contributed by atoms with van der Waals surface area (Å²) in [4.78, 5) is 30.3. The van der Waals surface area contributed by atoms with E-state index >= 15 is 0 Å². The summed E-state index contributed by atoms with van der Waals surface area (Å²) < 4.78 is 13.0. The van der Waals surface area contributed by atoms with Gasteiger partial charge in [0.2, 0.25) is 5.71 Å². The second-order valence-corrected chi connectivity index (χ2v) is 8.61. The molecule has 1 aliphatic rings. The first kappa shape index (κ1) is 21.8. The summed E-state index contributed by atoms with van der Waals surface area (Å²) >= 11 is 0. The van der Waals surface area contributed by atoms with E-state index in [4.69, 9.17) is 9.15 Å². The summed E-state index contributed by atoms with van der Waals surface area (Å²) in [7, 11) is 1.64. The normalized spacial score (nSPS) is 16.1. The number of nitrogens with zero attached hydrogens (tertiary/aromatic N) is 3. The molecule has 0 N–H and O–H groups in total. The Morgan fingerprint density at radius 1 is 1.00 bits per heavy atom. The quantitative estimate of drug-likeness (QED) is 0.449. The molecule has 1 aliphatic heterocycles. The molecule has 0 spiro atoms. The number of ether oxygens (including phenoxy) is 1. The van der Waals surface area contributed by atoms with Crippen molar-refractivity contribution >= 4 is 22.9 Å². The van der Waals surface area contributed by atoms with Gasteiger partial charge in [0.05, 0.1) is 19.9 Å². The maximum atomic E-state index is 13.6. The second kappa shape index (κ2) is 9.09. The number of fused-ring (bicyclic) bond motifs is 1. The van der Waals surface area contributed by atoms with Gasteiger partial charge in [-0.1, -0.05) is 30.3 Å². The Bertz CT molecular complexity index is 1320. The van der Waals surface area contributed by atoms with E-state index in [0.29, 0.717) is 43.1 Å². The molecule has 174 valence electrons. The van der Waals surface area contributed by atoms with Gasteiger partial charge in [-0.2, -0.15) is 0 Å². The van der Waals surface area contributed by atoms with E-state index in [0.717, 1.165) is 16.7 Å². The number of benzene rings is 2. The van der Waals surface area contributed by atoms with Crippen molar-refractivity contribution in [1.82, 2.24) is 14.4 Å². The molecule has 4 aromatic rings. The highest BCUT2D eigenvalue weighted by Gasteiger charge is 2.32. The number of carbonyl (C=O) groups is 2. The van der Waals surface area contributed by atoms with Crippen LogP contribution in [-0.4, -0.2) is 59.0 Å². The fourth-order valence-corrected chi connectivity index (χ4v) is 4.61. The summed E-state index contributed by atoms with van der Waals surface area (Å²) in [5.41, 5.74) is 2.92. The fraction of sp³-hybridized carbons (Fsp3) is 0.259. The summed E-state index contributed by atoms with van der Waals surface area (Å²) in [5, 5.41) is 0.886. The third-order valence-electron chi connectivity index (χ3n) is 6.39. The minimum Gasteiger partial charge on any atom is -0.497 e. The highest BCUT2D eigenvalue weighted by atomic mass is 16.5. The molecule has 2 aromatic heterocycles. The summed E-state index contributed by atoms with van der Waals surface area (Å²) in [6.07, 6.45) is 1.64. The van der Waals surface area contributed by atoms with Crippen molar-refractivity contribution in [2.75, 3.05) is 26.7 Å². The molecular formula is C27H27N3O4. The van der Waals surface area contributed by atoms with E-state index < -0.39 is 0 Å². The first-order valence-electron chi connectivity index (χ1n) is 11.4. The van der Waals surface area contributed by atoms with E-state index in [-0.39, 0.29) is 17.9 Å². The average Bonchev–Trinajstić information content (AvgIpc) is 3.46. The Balaban J connectivity index is 1.37. The number of methoxy groups -OCH3 is 1. The van der Waals surface area contributed by atoms with Crippen molar-refractivity contribution in [3.05, 3.63) is 89.8 Å². The first-order valence-corrected chi connectivity index (χ1v) is 11.4. The van der Waals surface area contributed by atoms with Crippen LogP contribution < -0.4 is 4.74 Å². The monoisotopic (exact) mass is 457 g/mol. The first-order chi connectivity index (χ1) is 16.5. The summed E-state index contributed by atoms with van der Waals surface area (Å²) in [6.45, 7) is 3.92. The van der Waals surface area contributed by atoms with Gasteiger partial charge in [0.15, 0.2) is 0 Å². The van der Waals surface area contributed by atoms with Crippen molar-refractivity contribution in [3.63, 3.8) is 0 Å². The van der Waals surface area contributed by atoms with Crippen LogP contribution in [0.4, 0.5) is 0 Å². The van der Waals surface area contributed by atoms with Gasteiger partial charge in [-0.3, -0.25) is 9.59 Å². The third-order valence-corrected chi connectivity index (χ3v) is 6.39. The SMILES string of the molecule is COc1cccc(Cn2c(C(=O)N3CCN(C(=O)c4ccccc4)C(C)C3)cc3ccoc32)c1. The zero-order valence-electron chi connectivity index (χ0n) is 19.3. The minimum atomic E-state index is -0.0878. The number of aromatic nitrogens is 1. The predicted molar refractivity (Wildman–Crippen MR) is 129 cm³/mol. The number of carbonyl (C=O) groups excluding carboxylic acids is 2. The minimum absolute atomic E-state index is 0.000822. The molecule has 0 bridgehead atoms. The van der Waals surface area contributed by atoms with Crippen molar-refractivity contribution in [2.45, 2.75) is 19.5 Å². The van der Waals surface area contributed by atoms with Crippen molar-refractivity contribution in [2.24, 2.45) is 0 Å². The predicted octanol–water partition coefficient (Wildman–Crippen LogP) is 4.28. The van der Waals surface area contributed by atoms with E-state index in [1.807, 2.05) is 88.0 Å². The highest BCUT2D eigenvalue weighted by Crippen LogP contribution is 2.26. The summed E-state index contributed by atoms with van der Waals surface area (Å²) in [6, 6.07) is 20.7. The van der Waals surface area contributed by atoms with Crippen LogP contribution in [-0.2, 0) is 6.54 Å². The lowest BCUT2D eigenvalue weighted by molar-refractivity contribution is 0.0409. The molecule has 7 nitrogen and oxygen atoms in total. The molecule has 1 atom stereocenters. The van der Waals surface area contributed by atoms with Gasteiger partial charge in [0.25, 0.3) is 11.8 Å². The van der Waals surface area contributed by atoms with Crippen molar-refractivity contribution in [3.8, 4) is 5.75 Å². The molecule has 0 aliphatic carbocycles. The largest absolute Gasteiger partial charge is 0.497 e. The maximum Gasteiger partial charge on any atom is 0.270 e. The van der Waals surface area contributed by atoms with Gasteiger partial charge in [-0.05, 0) is 48.9 Å². The van der Waals surface area contributed by atoms with Crippen LogP contribution in [0.3, 0.4) is 0 Å². The van der Waals surface area contributed by atoms with E-state index in [2.05, 4.69) is 0 Å². The second-order valence-electron chi connectivity index (χ2n) is 8.61. The smallest absolute Gasteiger partial charge is 0.270 e. The highest BCUT2D eigenvalue weighted by molar-refractivity contribution is 5.98. The van der Waals surface area contributed by atoms with E-state index in [9.17, 15) is 9.59 Å². The number of hydrogen-bond donors (Lipinski definition) is 0. The van der Waals surface area contributed by atoms with Crippen molar-refractivity contribution < 1.29 is 18.7 Å². The third kappa shape index (κ3) is 4.05. The molecule has 1 fully saturated rings. The topological polar surface area (TPSA) is 67.9 Å². The van der Waals surface area contributed by atoms with Gasteiger partial charge in [-0.25, -0.2) is 0 Å². The number of furan rings is 1. The molecule has 2 amide bonds. The zero-order valence-corrected chi connectivity index (χ0v) is 19.3. The lowest BCUT2D eigenvalue weighted by Gasteiger charge is -2.40. The Labute approximate surface area is 198 Å². The molecule has 1 unspecified atom stereocenters. The number of piperazine rings is 1. The molecule has 0 saturated carbocycles. The Hall–Kier alpha value is -4.00. The lowest BCUT2D eigenvalue weighted by atomic mass is 10.1. The van der Waals surface area contributed by atoms with Gasteiger partial charge in [-0.15, -0.1) is 0 Å². The maximum absolute atomic E-state index is 13.6. The molecule has 7 heteroatoms. The van der Waals surface area contributed by atoms with Crippen LogP contribution in [0.5, 0.6) is 5.75 Å². The van der Waals surface area contributed by atoms with Crippen LogP contribution in [0.2, 0.25) is 0 Å². The molecule has 3 heterocycles. The Morgan fingerprint density at radius 3 is 2.59 bits per heavy atom.